The van der Waals surface area contributed by atoms with E-state index < -0.39 is 39.2 Å². The van der Waals surface area contributed by atoms with E-state index in [-0.39, 0.29) is 51.8 Å². The van der Waals surface area contributed by atoms with Gasteiger partial charge < -0.3 is 15.5 Å². The zero-order valence-corrected chi connectivity index (χ0v) is 42.0. The van der Waals surface area contributed by atoms with Gasteiger partial charge in [0.2, 0.25) is 0 Å². The largest absolute Gasteiger partial charge is 0.488 e. The predicted molar refractivity (Wildman–Crippen MR) is 268 cm³/mol. The van der Waals surface area contributed by atoms with E-state index in [1.165, 1.54) is 12.1 Å². The van der Waals surface area contributed by atoms with Crippen molar-refractivity contribution in [2.45, 2.75) is 126 Å². The molecule has 14 nitrogen and oxygen atoms in total. The maximum absolute atomic E-state index is 15.3. The fourth-order valence-corrected chi connectivity index (χ4v) is 10.8. The predicted octanol–water partition coefficient (Wildman–Crippen LogP) is 12.8. The summed E-state index contributed by atoms with van der Waals surface area (Å²) in [6.07, 6.45) is 4.84. The highest BCUT2D eigenvalue weighted by Crippen LogP contribution is 2.58. The number of H-pyrrole nitrogens is 1. The van der Waals surface area contributed by atoms with Crippen LogP contribution in [0, 0.1) is 34.5 Å². The lowest BCUT2D eigenvalue weighted by Gasteiger charge is -2.53. The number of nitrogens with zero attached hydrogens (tertiary/aromatic N) is 3. The molecule has 5 aromatic rings. The number of nitrogens with one attached hydrogen (secondary N) is 3. The van der Waals surface area contributed by atoms with E-state index in [1.54, 1.807) is 42.5 Å². The molecule has 3 aromatic carbocycles. The van der Waals surface area contributed by atoms with Gasteiger partial charge in [-0.15, -0.1) is 10.2 Å². The highest BCUT2D eigenvalue weighted by molar-refractivity contribution is 7.91. The molecule has 6 N–H and O–H groups in total. The molecular weight excluding hydrogens is 890 g/mol. The molecule has 0 radical (unpaired) electrons. The molecule has 1 amide bonds. The summed E-state index contributed by atoms with van der Waals surface area (Å²) in [5.74, 6) is -1.20. The number of hydrogen-bond donors (Lipinski definition) is 5. The molecule has 0 bridgehead atoms. The fraction of sp³-hybridized carbons (Fsp3) is 0.490. The van der Waals surface area contributed by atoms with E-state index in [1.807, 2.05) is 22.9 Å². The minimum absolute atomic E-state index is 0.00293. The minimum Gasteiger partial charge on any atom is -0.488 e. The van der Waals surface area contributed by atoms with Crippen LogP contribution in [0.3, 0.4) is 0 Å². The number of carbonyl (C=O) groups is 1. The lowest BCUT2D eigenvalue weighted by Crippen LogP contribution is -2.46. The second-order valence-electron chi connectivity index (χ2n) is 20.2. The molecular formula is C51H68ClN7O7S. The zero-order valence-electron chi connectivity index (χ0n) is 40.4. The van der Waals surface area contributed by atoms with Crippen LogP contribution < -0.4 is 25.5 Å². The number of amides is 1. The molecule has 0 aliphatic heterocycles. The number of rotatable bonds is 17. The topological polar surface area (TPSA) is 202 Å². The molecule has 1 saturated carbocycles. The standard InChI is InChI=1S/C51H68ClN7O7S/c1-11-14-18-31-21-26-38(39(29-31)65-35(12-2)13-3)55-56-47-40(32-22-24-33(52)25-23-32)42(44(66-62)41-36(50(5,6)7)27-30(4)28-37(41)51(8,9)10)46-54-45(53)43(49(61)59(46)47)48(60)58-67(63,64)57-34-19-16-15-17-20-34/h15-17,19-26,29-30,35-37,41,44,54,57,62H,11-14,18,27-28,53H2,1-10H3,(H,58,60). The average Bonchev–Trinajstić information content (AvgIpc) is 3.57. The molecule has 3 atom stereocenters. The Morgan fingerprint density at radius 1 is 0.955 bits per heavy atom. The van der Waals surface area contributed by atoms with Crippen LogP contribution in [0.5, 0.6) is 5.75 Å². The smallest absolute Gasteiger partial charge is 0.323 e. The van der Waals surface area contributed by atoms with Gasteiger partial charge in [-0.1, -0.05) is 124 Å². The Kier molecular flexibility index (Phi) is 16.0. The monoisotopic (exact) mass is 957 g/mol. The summed E-state index contributed by atoms with van der Waals surface area (Å²) in [6, 6.07) is 20.7. The Morgan fingerprint density at radius 2 is 1.58 bits per heavy atom. The number of para-hydroxylation sites is 1. The molecule has 6 rings (SSSR count). The van der Waals surface area contributed by atoms with E-state index in [0.717, 1.165) is 54.9 Å². The lowest BCUT2D eigenvalue weighted by atomic mass is 9.53. The molecule has 1 aliphatic rings. The third kappa shape index (κ3) is 11.6. The summed E-state index contributed by atoms with van der Waals surface area (Å²) < 4.78 is 38.7. The van der Waals surface area contributed by atoms with Crippen molar-refractivity contribution in [2.75, 3.05) is 10.5 Å². The molecule has 67 heavy (non-hydrogen) atoms. The quantitative estimate of drug-likeness (QED) is 0.0344. The number of anilines is 2. The van der Waals surface area contributed by atoms with Gasteiger partial charge in [-0.2, -0.15) is 8.42 Å². The Labute approximate surface area is 400 Å². The van der Waals surface area contributed by atoms with Crippen LogP contribution in [-0.2, 0) is 21.5 Å². The number of aromatic nitrogens is 2. The summed E-state index contributed by atoms with van der Waals surface area (Å²) in [7, 11) is -4.57. The van der Waals surface area contributed by atoms with Crippen LogP contribution in [0.2, 0.25) is 5.02 Å². The van der Waals surface area contributed by atoms with Crippen molar-refractivity contribution in [2.24, 2.45) is 44.7 Å². The lowest BCUT2D eigenvalue weighted by molar-refractivity contribution is -0.309. The maximum Gasteiger partial charge on any atom is 0.323 e. The molecule has 2 aromatic heterocycles. The van der Waals surface area contributed by atoms with Gasteiger partial charge in [0, 0.05) is 16.1 Å². The van der Waals surface area contributed by atoms with E-state index in [2.05, 4.69) is 78.9 Å². The Balaban J connectivity index is 1.70. The second-order valence-corrected chi connectivity index (χ2v) is 22.1. The van der Waals surface area contributed by atoms with Crippen molar-refractivity contribution in [1.82, 2.24) is 14.1 Å². The van der Waals surface area contributed by atoms with Crippen molar-refractivity contribution < 1.29 is 28.1 Å². The van der Waals surface area contributed by atoms with Gasteiger partial charge >= 0.3 is 10.2 Å². The van der Waals surface area contributed by atoms with Gasteiger partial charge in [-0.05, 0) is 121 Å². The number of unbranched alkanes of at least 4 members (excludes halogenated alkanes) is 1. The number of ether oxygens (including phenoxy) is 1. The van der Waals surface area contributed by atoms with E-state index in [0.29, 0.717) is 39.1 Å². The van der Waals surface area contributed by atoms with Gasteiger partial charge in [0.1, 0.15) is 34.6 Å². The summed E-state index contributed by atoms with van der Waals surface area (Å²) >= 11 is 6.50. The Bertz CT molecular complexity index is 2700. The number of azo groups is 1. The van der Waals surface area contributed by atoms with Crippen LogP contribution in [-0.4, -0.2) is 35.1 Å². The van der Waals surface area contributed by atoms with E-state index in [4.69, 9.17) is 37.2 Å². The molecule has 0 spiro atoms. The third-order valence-corrected chi connectivity index (χ3v) is 14.5. The van der Waals surface area contributed by atoms with Gasteiger partial charge in [-0.25, -0.2) is 14.0 Å². The van der Waals surface area contributed by atoms with E-state index in [9.17, 15) is 18.5 Å². The van der Waals surface area contributed by atoms with Crippen LogP contribution in [0.15, 0.2) is 87.8 Å². The van der Waals surface area contributed by atoms with Gasteiger partial charge in [0.25, 0.3) is 11.5 Å². The number of carbonyl (C=O) groups excluding carboxylic acids is 1. The highest BCUT2D eigenvalue weighted by Gasteiger charge is 2.51. The number of aromatic amines is 1. The molecule has 0 saturated heterocycles. The first kappa shape index (κ1) is 51.2. The molecule has 362 valence electrons. The number of benzene rings is 3. The summed E-state index contributed by atoms with van der Waals surface area (Å²) in [4.78, 5) is 38.3. The number of aryl methyl sites for hydroxylation is 1. The van der Waals surface area contributed by atoms with Gasteiger partial charge in [-0.3, -0.25) is 19.6 Å². The second kappa shape index (κ2) is 21.0. The van der Waals surface area contributed by atoms with Crippen LogP contribution >= 0.6 is 11.6 Å². The van der Waals surface area contributed by atoms with E-state index >= 15 is 4.79 Å². The molecule has 2 heterocycles. The molecule has 3 unspecified atom stereocenters. The number of nitrogen functional groups attached to an aromatic ring is 1. The summed E-state index contributed by atoms with van der Waals surface area (Å²) in [5, 5.41) is 21.6. The number of halogens is 1. The SMILES string of the molecule is CCCCc1ccc(N=Nc2c(-c3ccc(Cl)cc3)c(C(OO)C3C(C(C)(C)C)CC(C)CC3C(C)(C)C)c3[nH]c(N)c(C(=O)NS(=O)(=O)Nc4ccccc4)c(=O)n23)c(OC(CC)CC)c1. The first-order valence-electron chi connectivity index (χ1n) is 23.4. The highest BCUT2D eigenvalue weighted by atomic mass is 35.5. The summed E-state index contributed by atoms with van der Waals surface area (Å²) in [6.45, 7) is 21.6. The molecule has 1 fully saturated rings. The maximum atomic E-state index is 15.3. The van der Waals surface area contributed by atoms with Gasteiger partial charge in [0.05, 0.1) is 11.8 Å². The van der Waals surface area contributed by atoms with Gasteiger partial charge in [0.15, 0.2) is 5.82 Å². The van der Waals surface area contributed by atoms with Crippen LogP contribution in [0.25, 0.3) is 16.8 Å². The third-order valence-electron chi connectivity index (χ3n) is 13.3. The minimum atomic E-state index is -4.57. The summed E-state index contributed by atoms with van der Waals surface area (Å²) in [5.41, 5.74) is 7.40. The van der Waals surface area contributed by atoms with Crippen LogP contribution in [0.4, 0.5) is 23.0 Å². The van der Waals surface area contributed by atoms with Crippen molar-refractivity contribution >= 4 is 56.4 Å². The number of nitrogens with two attached hydrogens (primary N) is 1. The normalized spacial score (nSPS) is 18.7. The van der Waals surface area contributed by atoms with Crippen LogP contribution in [0.1, 0.15) is 135 Å². The van der Waals surface area contributed by atoms with Crippen molar-refractivity contribution in [3.63, 3.8) is 0 Å². The molecule has 16 heteroatoms. The Morgan fingerprint density at radius 3 is 2.15 bits per heavy atom. The number of fused-ring (bicyclic) bond motifs is 1. The fourth-order valence-electron chi connectivity index (χ4n) is 9.83. The first-order chi connectivity index (χ1) is 31.6. The first-order valence-corrected chi connectivity index (χ1v) is 25.3. The Hall–Kier alpha value is -5.22. The zero-order chi connectivity index (χ0) is 49.0. The van der Waals surface area contributed by atoms with Crippen molar-refractivity contribution in [3.05, 3.63) is 105 Å². The molecule has 1 aliphatic carbocycles. The average molecular weight is 959 g/mol. The number of hydrogen-bond acceptors (Lipinski definition) is 10. The van der Waals surface area contributed by atoms with Crippen molar-refractivity contribution in [1.29, 1.82) is 0 Å². The van der Waals surface area contributed by atoms with Crippen molar-refractivity contribution in [3.8, 4) is 16.9 Å².